The minimum atomic E-state index is 0.0615. The lowest BCUT2D eigenvalue weighted by atomic mass is 10.1. The summed E-state index contributed by atoms with van der Waals surface area (Å²) in [5, 5.41) is 9.89. The van der Waals surface area contributed by atoms with Crippen LogP contribution in [0.25, 0.3) is 28.1 Å². The fourth-order valence-electron chi connectivity index (χ4n) is 4.67. The quantitative estimate of drug-likeness (QED) is 0.334. The first-order valence-corrected chi connectivity index (χ1v) is 11.9. The summed E-state index contributed by atoms with van der Waals surface area (Å²) in [4.78, 5) is 11.4. The number of nitriles is 1. The highest BCUT2D eigenvalue weighted by Crippen LogP contribution is 2.38. The number of fused-ring (bicyclic) bond motifs is 2. The second kappa shape index (κ2) is 8.93. The average Bonchev–Trinajstić information content (AvgIpc) is 3.53. The van der Waals surface area contributed by atoms with E-state index >= 15 is 0 Å². The van der Waals surface area contributed by atoms with Gasteiger partial charge in [-0.2, -0.15) is 5.26 Å². The van der Waals surface area contributed by atoms with E-state index in [4.69, 9.17) is 24.1 Å². The van der Waals surface area contributed by atoms with Gasteiger partial charge in [-0.3, -0.25) is 0 Å². The zero-order valence-corrected chi connectivity index (χ0v) is 20.1. The molecular formula is C28H25N5O3. The van der Waals surface area contributed by atoms with E-state index < -0.39 is 0 Å². The molecule has 0 atom stereocenters. The fourth-order valence-corrected chi connectivity index (χ4v) is 4.67. The first-order valence-electron chi connectivity index (χ1n) is 11.9. The van der Waals surface area contributed by atoms with Gasteiger partial charge in [0.05, 0.1) is 18.1 Å². The molecule has 0 N–H and O–H groups in total. The van der Waals surface area contributed by atoms with Crippen LogP contribution >= 0.6 is 0 Å². The molecule has 1 aliphatic heterocycles. The minimum absolute atomic E-state index is 0.0615. The third kappa shape index (κ3) is 4.09. The molecule has 5 heterocycles. The maximum Gasteiger partial charge on any atom is 0.155 e. The summed E-state index contributed by atoms with van der Waals surface area (Å²) in [7, 11) is 1.64. The van der Waals surface area contributed by atoms with E-state index in [1.54, 1.807) is 19.4 Å². The summed E-state index contributed by atoms with van der Waals surface area (Å²) < 4.78 is 20.2. The van der Waals surface area contributed by atoms with Crippen LogP contribution in [-0.2, 0) is 0 Å². The van der Waals surface area contributed by atoms with E-state index in [1.807, 2.05) is 53.2 Å². The Labute approximate surface area is 208 Å². The average molecular weight is 480 g/mol. The summed E-state index contributed by atoms with van der Waals surface area (Å²) in [6, 6.07) is 15.7. The molecule has 0 unspecified atom stereocenters. The van der Waals surface area contributed by atoms with E-state index in [2.05, 4.69) is 22.9 Å². The van der Waals surface area contributed by atoms with Crippen LogP contribution in [-0.4, -0.2) is 40.7 Å². The van der Waals surface area contributed by atoms with Gasteiger partial charge in [-0.05, 0) is 36.8 Å². The number of nitrogens with zero attached hydrogens (tertiary/aromatic N) is 5. The standard InChI is InChI=1S/C28H25N5O3/c1-18-3-5-28-31-23(17-33(28)16-18)26-13-22-24(11-21(34-2)12-25(22)36-26)35-20-7-9-32(10-8-20)27-6-4-19(14-29)15-30-27/h3-6,11-13,15-17,20H,7-10H2,1-2H3. The maximum atomic E-state index is 9.00. The summed E-state index contributed by atoms with van der Waals surface area (Å²) in [5.41, 5.74) is 4.07. The van der Waals surface area contributed by atoms with Gasteiger partial charge in [-0.25, -0.2) is 9.97 Å². The Hall–Kier alpha value is -4.51. The maximum absolute atomic E-state index is 9.00. The molecule has 0 saturated carbocycles. The number of aromatic nitrogens is 3. The molecule has 1 aliphatic rings. The molecule has 8 heteroatoms. The summed E-state index contributed by atoms with van der Waals surface area (Å²) in [6.45, 7) is 3.71. The summed E-state index contributed by atoms with van der Waals surface area (Å²) in [6.07, 6.45) is 7.42. The number of imidazole rings is 1. The SMILES string of the molecule is COc1cc(OC2CCN(c3ccc(C#N)cn3)CC2)c2cc(-c3cn4cc(C)ccc4n3)oc2c1. The van der Waals surface area contributed by atoms with Crippen LogP contribution < -0.4 is 14.4 Å². The Morgan fingerprint density at radius 3 is 2.69 bits per heavy atom. The molecule has 1 fully saturated rings. The van der Waals surface area contributed by atoms with Gasteiger partial charge >= 0.3 is 0 Å². The van der Waals surface area contributed by atoms with E-state index in [1.165, 1.54) is 0 Å². The van der Waals surface area contributed by atoms with Gasteiger partial charge in [0, 0.05) is 56.7 Å². The number of pyridine rings is 2. The third-order valence-corrected chi connectivity index (χ3v) is 6.60. The van der Waals surface area contributed by atoms with Gasteiger partial charge in [0.2, 0.25) is 0 Å². The second-order valence-corrected chi connectivity index (χ2v) is 9.07. The zero-order valence-electron chi connectivity index (χ0n) is 20.1. The number of ether oxygens (including phenoxy) is 2. The molecule has 0 bridgehead atoms. The molecule has 0 radical (unpaired) electrons. The smallest absolute Gasteiger partial charge is 0.155 e. The Morgan fingerprint density at radius 1 is 1.08 bits per heavy atom. The van der Waals surface area contributed by atoms with E-state index in [-0.39, 0.29) is 6.10 Å². The van der Waals surface area contributed by atoms with Crippen LogP contribution in [0.1, 0.15) is 24.0 Å². The third-order valence-electron chi connectivity index (χ3n) is 6.60. The van der Waals surface area contributed by atoms with Crippen molar-refractivity contribution >= 4 is 22.4 Å². The number of benzene rings is 1. The summed E-state index contributed by atoms with van der Waals surface area (Å²) in [5.74, 6) is 3.00. The van der Waals surface area contributed by atoms with E-state index in [9.17, 15) is 0 Å². The number of piperidine rings is 1. The number of furan rings is 1. The van der Waals surface area contributed by atoms with Gasteiger partial charge < -0.3 is 23.2 Å². The molecule has 180 valence electrons. The molecule has 1 saturated heterocycles. The Kier molecular flexibility index (Phi) is 5.45. The van der Waals surface area contributed by atoms with Crippen molar-refractivity contribution in [2.24, 2.45) is 0 Å². The molecule has 4 aromatic heterocycles. The number of anilines is 1. The number of hydrogen-bond acceptors (Lipinski definition) is 7. The van der Waals surface area contributed by atoms with Crippen molar-refractivity contribution in [1.29, 1.82) is 5.26 Å². The van der Waals surface area contributed by atoms with Crippen LogP contribution in [0.2, 0.25) is 0 Å². The van der Waals surface area contributed by atoms with Crippen molar-refractivity contribution in [2.75, 3.05) is 25.1 Å². The van der Waals surface area contributed by atoms with Crippen molar-refractivity contribution < 1.29 is 13.9 Å². The van der Waals surface area contributed by atoms with Crippen molar-refractivity contribution in [1.82, 2.24) is 14.4 Å². The molecule has 5 aromatic rings. The zero-order chi connectivity index (χ0) is 24.6. The fraction of sp³-hybridized carbons (Fsp3) is 0.250. The highest BCUT2D eigenvalue weighted by atomic mass is 16.5. The normalized spacial score (nSPS) is 14.3. The largest absolute Gasteiger partial charge is 0.496 e. The highest BCUT2D eigenvalue weighted by molar-refractivity contribution is 5.89. The highest BCUT2D eigenvalue weighted by Gasteiger charge is 2.23. The van der Waals surface area contributed by atoms with Gasteiger partial charge in [-0.15, -0.1) is 0 Å². The number of aryl methyl sites for hydroxylation is 1. The van der Waals surface area contributed by atoms with Crippen LogP contribution in [0.15, 0.2) is 65.5 Å². The van der Waals surface area contributed by atoms with E-state index in [0.29, 0.717) is 22.7 Å². The predicted octanol–water partition coefficient (Wildman–Crippen LogP) is 5.38. The molecule has 0 spiro atoms. The summed E-state index contributed by atoms with van der Waals surface area (Å²) >= 11 is 0. The first-order chi connectivity index (χ1) is 17.6. The first kappa shape index (κ1) is 22.0. The van der Waals surface area contributed by atoms with Crippen molar-refractivity contribution in [3.8, 4) is 29.0 Å². The minimum Gasteiger partial charge on any atom is -0.496 e. The molecule has 1 aromatic carbocycles. The van der Waals surface area contributed by atoms with Crippen molar-refractivity contribution in [2.45, 2.75) is 25.9 Å². The monoisotopic (exact) mass is 479 g/mol. The topological polar surface area (TPSA) is 88.8 Å². The Morgan fingerprint density at radius 2 is 1.94 bits per heavy atom. The lowest BCUT2D eigenvalue weighted by Crippen LogP contribution is -2.38. The molecule has 0 amide bonds. The number of methoxy groups -OCH3 is 1. The predicted molar refractivity (Wildman–Crippen MR) is 137 cm³/mol. The Balaban J connectivity index is 1.24. The van der Waals surface area contributed by atoms with E-state index in [0.717, 1.165) is 59.8 Å². The molecule has 8 nitrogen and oxygen atoms in total. The molecule has 36 heavy (non-hydrogen) atoms. The van der Waals surface area contributed by atoms with Crippen LogP contribution in [0.3, 0.4) is 0 Å². The van der Waals surface area contributed by atoms with Gasteiger partial charge in [-0.1, -0.05) is 6.07 Å². The van der Waals surface area contributed by atoms with Crippen LogP contribution in [0.4, 0.5) is 5.82 Å². The number of hydrogen-bond donors (Lipinski definition) is 0. The van der Waals surface area contributed by atoms with Crippen molar-refractivity contribution in [3.63, 3.8) is 0 Å². The van der Waals surface area contributed by atoms with Gasteiger partial charge in [0.15, 0.2) is 5.76 Å². The second-order valence-electron chi connectivity index (χ2n) is 9.07. The lowest BCUT2D eigenvalue weighted by Gasteiger charge is -2.33. The van der Waals surface area contributed by atoms with Crippen LogP contribution in [0, 0.1) is 18.3 Å². The van der Waals surface area contributed by atoms with Gasteiger partial charge in [0.1, 0.15) is 46.4 Å². The van der Waals surface area contributed by atoms with Crippen LogP contribution in [0.5, 0.6) is 11.5 Å². The molecular weight excluding hydrogens is 454 g/mol. The van der Waals surface area contributed by atoms with Gasteiger partial charge in [0.25, 0.3) is 0 Å². The molecule has 0 aliphatic carbocycles. The van der Waals surface area contributed by atoms with Crippen molar-refractivity contribution in [3.05, 3.63) is 72.2 Å². The Bertz CT molecular complexity index is 1590. The molecule has 6 rings (SSSR count). The number of rotatable bonds is 5. The lowest BCUT2D eigenvalue weighted by molar-refractivity contribution is 0.172.